The zero-order valence-corrected chi connectivity index (χ0v) is 19.0. The van der Waals surface area contributed by atoms with E-state index in [0.29, 0.717) is 0 Å². The Labute approximate surface area is 191 Å². The van der Waals surface area contributed by atoms with Crippen LogP contribution in [0.5, 0.6) is 0 Å². The molecule has 0 saturated carbocycles. The van der Waals surface area contributed by atoms with E-state index in [1.165, 1.54) is 33.2 Å². The van der Waals surface area contributed by atoms with Crippen molar-refractivity contribution in [3.8, 4) is 11.1 Å². The van der Waals surface area contributed by atoms with E-state index in [9.17, 15) is 0 Å². The summed E-state index contributed by atoms with van der Waals surface area (Å²) in [6.45, 7) is 6.13. The molecule has 5 aromatic carbocycles. The first-order chi connectivity index (χ1) is 15.8. The van der Waals surface area contributed by atoms with Gasteiger partial charge in [0.2, 0.25) is 0 Å². The first-order valence-corrected chi connectivity index (χ1v) is 11.3. The molecule has 0 unspecified atom stereocenters. The molecule has 32 heavy (non-hydrogen) atoms. The molecule has 0 spiro atoms. The highest BCUT2D eigenvalue weighted by molar-refractivity contribution is 5.98. The number of benzene rings is 5. The first kappa shape index (κ1) is 21.4. The van der Waals surface area contributed by atoms with Gasteiger partial charge in [-0.15, -0.1) is 0 Å². The third kappa shape index (κ3) is 4.43. The number of hydrogen-bond acceptors (Lipinski definition) is 1. The number of rotatable bonds is 4. The predicted molar refractivity (Wildman–Crippen MR) is 140 cm³/mol. The topological polar surface area (TPSA) is 3.24 Å². The van der Waals surface area contributed by atoms with Crippen LogP contribution in [0, 0.1) is 6.92 Å². The fourth-order valence-corrected chi connectivity index (χ4v) is 3.96. The quantitative estimate of drug-likeness (QED) is 0.283. The van der Waals surface area contributed by atoms with Crippen LogP contribution < -0.4 is 4.90 Å². The van der Waals surface area contributed by atoms with E-state index in [1.807, 2.05) is 13.8 Å². The maximum atomic E-state index is 2.34. The zero-order chi connectivity index (χ0) is 22.3. The Kier molecular flexibility index (Phi) is 6.67. The van der Waals surface area contributed by atoms with E-state index in [4.69, 9.17) is 0 Å². The Morgan fingerprint density at radius 3 is 1.69 bits per heavy atom. The second-order valence-corrected chi connectivity index (χ2v) is 7.58. The fourth-order valence-electron chi connectivity index (χ4n) is 3.96. The minimum Gasteiger partial charge on any atom is -0.310 e. The molecule has 0 fully saturated rings. The molecule has 1 nitrogen and oxygen atoms in total. The third-order valence-corrected chi connectivity index (χ3v) is 5.53. The molecule has 158 valence electrons. The van der Waals surface area contributed by atoms with Crippen LogP contribution in [0.4, 0.5) is 17.1 Å². The Morgan fingerprint density at radius 1 is 0.469 bits per heavy atom. The molecule has 0 bridgehead atoms. The molecule has 0 heterocycles. The van der Waals surface area contributed by atoms with Gasteiger partial charge in [0.05, 0.1) is 5.69 Å². The molecule has 0 amide bonds. The fraction of sp³-hybridized carbons (Fsp3) is 0.0968. The summed E-state index contributed by atoms with van der Waals surface area (Å²) in [5, 5.41) is 2.49. The van der Waals surface area contributed by atoms with Crippen LogP contribution in [0.3, 0.4) is 0 Å². The van der Waals surface area contributed by atoms with Crippen LogP contribution in [0.1, 0.15) is 19.4 Å². The molecule has 5 aromatic rings. The number of aryl methyl sites for hydroxylation is 1. The number of hydrogen-bond donors (Lipinski definition) is 0. The molecule has 5 rings (SSSR count). The average Bonchev–Trinajstić information content (AvgIpc) is 2.88. The third-order valence-electron chi connectivity index (χ3n) is 5.53. The van der Waals surface area contributed by atoms with Crippen molar-refractivity contribution in [2.75, 3.05) is 4.90 Å². The van der Waals surface area contributed by atoms with Crippen molar-refractivity contribution < 1.29 is 0 Å². The maximum absolute atomic E-state index is 2.34. The molecule has 0 aliphatic rings. The number of anilines is 3. The van der Waals surface area contributed by atoms with E-state index in [0.717, 1.165) is 11.4 Å². The van der Waals surface area contributed by atoms with Crippen LogP contribution in [-0.2, 0) is 0 Å². The summed E-state index contributed by atoms with van der Waals surface area (Å²) in [7, 11) is 0. The van der Waals surface area contributed by atoms with Crippen LogP contribution in [0.2, 0.25) is 0 Å². The van der Waals surface area contributed by atoms with Gasteiger partial charge in [-0.2, -0.15) is 0 Å². The summed E-state index contributed by atoms with van der Waals surface area (Å²) in [4.78, 5) is 2.34. The van der Waals surface area contributed by atoms with Gasteiger partial charge in [-0.3, -0.25) is 0 Å². The van der Waals surface area contributed by atoms with Gasteiger partial charge in [0.1, 0.15) is 0 Å². The van der Waals surface area contributed by atoms with E-state index < -0.39 is 0 Å². The van der Waals surface area contributed by atoms with Crippen molar-refractivity contribution in [1.29, 1.82) is 0 Å². The van der Waals surface area contributed by atoms with Crippen molar-refractivity contribution in [2.45, 2.75) is 20.8 Å². The van der Waals surface area contributed by atoms with Gasteiger partial charge in [0.15, 0.2) is 0 Å². The highest BCUT2D eigenvalue weighted by Gasteiger charge is 2.15. The SMILES string of the molecule is CC.Cc1ccc(N(c2ccc(-c3ccccc3)cc2)c2cccc3ccccc23)cc1. The smallest absolute Gasteiger partial charge is 0.0540 e. The normalized spacial score (nSPS) is 10.3. The first-order valence-electron chi connectivity index (χ1n) is 11.3. The highest BCUT2D eigenvalue weighted by Crippen LogP contribution is 2.39. The zero-order valence-electron chi connectivity index (χ0n) is 19.0. The lowest BCUT2D eigenvalue weighted by molar-refractivity contribution is 1.29. The minimum atomic E-state index is 1.15. The van der Waals surface area contributed by atoms with Gasteiger partial charge in [-0.25, -0.2) is 0 Å². The lowest BCUT2D eigenvalue weighted by Crippen LogP contribution is -2.10. The lowest BCUT2D eigenvalue weighted by Gasteiger charge is -2.27. The van der Waals surface area contributed by atoms with Gasteiger partial charge < -0.3 is 4.90 Å². The number of fused-ring (bicyclic) bond motifs is 1. The van der Waals surface area contributed by atoms with Crippen LogP contribution >= 0.6 is 0 Å². The second kappa shape index (κ2) is 9.98. The molecule has 0 saturated heterocycles. The summed E-state index contributed by atoms with van der Waals surface area (Å²) in [5.74, 6) is 0. The van der Waals surface area contributed by atoms with E-state index in [-0.39, 0.29) is 0 Å². The Balaban J connectivity index is 0.00000119. The van der Waals surface area contributed by atoms with Crippen molar-refractivity contribution in [2.24, 2.45) is 0 Å². The highest BCUT2D eigenvalue weighted by atomic mass is 15.1. The number of nitrogens with zero attached hydrogens (tertiary/aromatic N) is 1. The van der Waals surface area contributed by atoms with E-state index in [1.54, 1.807) is 0 Å². The van der Waals surface area contributed by atoms with Crippen LogP contribution in [0.15, 0.2) is 121 Å². The van der Waals surface area contributed by atoms with Gasteiger partial charge in [-0.1, -0.05) is 110 Å². The Morgan fingerprint density at radius 2 is 1.00 bits per heavy atom. The van der Waals surface area contributed by atoms with Gasteiger partial charge >= 0.3 is 0 Å². The monoisotopic (exact) mass is 415 g/mol. The molecule has 1 heteroatoms. The van der Waals surface area contributed by atoms with E-state index >= 15 is 0 Å². The van der Waals surface area contributed by atoms with Gasteiger partial charge in [-0.05, 0) is 53.8 Å². The molecule has 0 radical (unpaired) electrons. The molecule has 0 aliphatic carbocycles. The standard InChI is InChI=1S/C29H23N.C2H6/c1-22-14-18-26(19-15-22)30(29-13-7-11-25-10-5-6-12-28(25)29)27-20-16-24(17-21-27)23-8-3-2-4-9-23;1-2/h2-21H,1H3;1-2H3. The largest absolute Gasteiger partial charge is 0.310 e. The van der Waals surface area contributed by atoms with Crippen LogP contribution in [-0.4, -0.2) is 0 Å². The molecule has 0 atom stereocenters. The van der Waals surface area contributed by atoms with Gasteiger partial charge in [0, 0.05) is 16.8 Å². The summed E-state index contributed by atoms with van der Waals surface area (Å²) < 4.78 is 0. The average molecular weight is 416 g/mol. The summed E-state index contributed by atoms with van der Waals surface area (Å²) in [6, 6.07) is 43.2. The Hall–Kier alpha value is -3.84. The molecule has 0 aliphatic heterocycles. The van der Waals surface area contributed by atoms with Crippen molar-refractivity contribution >= 4 is 27.8 Å². The summed E-state index contributed by atoms with van der Waals surface area (Å²) >= 11 is 0. The maximum Gasteiger partial charge on any atom is 0.0540 e. The van der Waals surface area contributed by atoms with Crippen molar-refractivity contribution in [3.63, 3.8) is 0 Å². The van der Waals surface area contributed by atoms with Crippen LogP contribution in [0.25, 0.3) is 21.9 Å². The predicted octanol–water partition coefficient (Wildman–Crippen LogP) is 9.31. The molecular formula is C31H29N. The van der Waals surface area contributed by atoms with E-state index in [2.05, 4.69) is 133 Å². The van der Waals surface area contributed by atoms with Gasteiger partial charge in [0.25, 0.3) is 0 Å². The molecular weight excluding hydrogens is 386 g/mol. The Bertz CT molecular complexity index is 1260. The van der Waals surface area contributed by atoms with Crippen molar-refractivity contribution in [3.05, 3.63) is 127 Å². The van der Waals surface area contributed by atoms with Crippen molar-refractivity contribution in [1.82, 2.24) is 0 Å². The summed E-state index contributed by atoms with van der Waals surface area (Å²) in [6.07, 6.45) is 0. The molecule has 0 aromatic heterocycles. The lowest BCUT2D eigenvalue weighted by atomic mass is 10.0. The summed E-state index contributed by atoms with van der Waals surface area (Å²) in [5.41, 5.74) is 7.21. The second-order valence-electron chi connectivity index (χ2n) is 7.58. The minimum absolute atomic E-state index is 1.15. The molecule has 0 N–H and O–H groups in total.